The number of benzene rings is 1. The van der Waals surface area contributed by atoms with Crippen LogP contribution in [0.15, 0.2) is 24.3 Å². The molecular weight excluding hydrogens is 210 g/mol. The van der Waals surface area contributed by atoms with E-state index in [9.17, 15) is 0 Å². The van der Waals surface area contributed by atoms with Gasteiger partial charge in [0.25, 0.3) is 0 Å². The molecule has 0 aliphatic heterocycles. The minimum Gasteiger partial charge on any atom is -0.492 e. The van der Waals surface area contributed by atoms with Crippen molar-refractivity contribution in [2.24, 2.45) is 11.7 Å². The summed E-state index contributed by atoms with van der Waals surface area (Å²) >= 11 is 5.76. The maximum absolute atomic E-state index is 5.90. The highest BCUT2D eigenvalue weighted by molar-refractivity contribution is 6.30. The molecule has 2 N–H and O–H groups in total. The molecule has 0 spiro atoms. The van der Waals surface area contributed by atoms with Crippen LogP contribution in [-0.2, 0) is 0 Å². The first-order valence-electron chi connectivity index (χ1n) is 5.22. The van der Waals surface area contributed by atoms with Gasteiger partial charge in [0.1, 0.15) is 12.4 Å². The Morgan fingerprint density at radius 3 is 2.40 bits per heavy atom. The van der Waals surface area contributed by atoms with Crippen molar-refractivity contribution in [3.63, 3.8) is 0 Å². The third kappa shape index (κ3) is 5.05. The van der Waals surface area contributed by atoms with Gasteiger partial charge in [-0.2, -0.15) is 0 Å². The topological polar surface area (TPSA) is 35.2 Å². The van der Waals surface area contributed by atoms with Crippen LogP contribution in [0.4, 0.5) is 0 Å². The second-order valence-electron chi connectivity index (χ2n) is 4.15. The number of hydrogen-bond acceptors (Lipinski definition) is 2. The number of hydrogen-bond donors (Lipinski definition) is 1. The Bertz CT molecular complexity index is 284. The highest BCUT2D eigenvalue weighted by atomic mass is 35.5. The molecule has 84 valence electrons. The number of rotatable bonds is 5. The van der Waals surface area contributed by atoms with Gasteiger partial charge in [0.15, 0.2) is 0 Å². The van der Waals surface area contributed by atoms with E-state index in [1.54, 1.807) is 0 Å². The standard InChI is InChI=1S/C12H18ClNO/c1-9(2)7-11(14)8-15-12-5-3-10(13)4-6-12/h3-6,9,11H,7-8,14H2,1-2H3. The van der Waals surface area contributed by atoms with Gasteiger partial charge in [0, 0.05) is 11.1 Å². The van der Waals surface area contributed by atoms with Crippen molar-refractivity contribution in [2.45, 2.75) is 26.3 Å². The molecule has 0 aliphatic carbocycles. The van der Waals surface area contributed by atoms with E-state index in [4.69, 9.17) is 22.1 Å². The first kappa shape index (κ1) is 12.3. The molecule has 0 aliphatic rings. The normalized spacial score (nSPS) is 12.9. The maximum Gasteiger partial charge on any atom is 0.119 e. The fraction of sp³-hybridized carbons (Fsp3) is 0.500. The summed E-state index contributed by atoms with van der Waals surface area (Å²) < 4.78 is 5.54. The molecule has 0 bridgehead atoms. The van der Waals surface area contributed by atoms with E-state index in [0.717, 1.165) is 12.2 Å². The summed E-state index contributed by atoms with van der Waals surface area (Å²) in [6, 6.07) is 7.42. The Labute approximate surface area is 96.4 Å². The Balaban J connectivity index is 2.33. The maximum atomic E-state index is 5.90. The Morgan fingerprint density at radius 1 is 1.27 bits per heavy atom. The second-order valence-corrected chi connectivity index (χ2v) is 4.59. The van der Waals surface area contributed by atoms with E-state index >= 15 is 0 Å². The molecule has 0 saturated carbocycles. The monoisotopic (exact) mass is 227 g/mol. The van der Waals surface area contributed by atoms with Crippen LogP contribution in [0.5, 0.6) is 5.75 Å². The Morgan fingerprint density at radius 2 is 1.87 bits per heavy atom. The van der Waals surface area contributed by atoms with Gasteiger partial charge >= 0.3 is 0 Å². The third-order valence-electron chi connectivity index (χ3n) is 2.05. The van der Waals surface area contributed by atoms with E-state index in [1.165, 1.54) is 0 Å². The van der Waals surface area contributed by atoms with E-state index in [0.29, 0.717) is 17.5 Å². The first-order chi connectivity index (χ1) is 7.08. The quantitative estimate of drug-likeness (QED) is 0.839. The number of halogens is 1. The van der Waals surface area contributed by atoms with Gasteiger partial charge in [0.2, 0.25) is 0 Å². The highest BCUT2D eigenvalue weighted by Gasteiger charge is 2.06. The molecule has 1 atom stereocenters. The number of ether oxygens (including phenoxy) is 1. The SMILES string of the molecule is CC(C)CC(N)COc1ccc(Cl)cc1. The zero-order valence-corrected chi connectivity index (χ0v) is 10.00. The number of nitrogens with two attached hydrogens (primary N) is 1. The Hall–Kier alpha value is -0.730. The van der Waals surface area contributed by atoms with Gasteiger partial charge < -0.3 is 10.5 Å². The molecule has 0 amide bonds. The lowest BCUT2D eigenvalue weighted by atomic mass is 10.1. The first-order valence-corrected chi connectivity index (χ1v) is 5.59. The highest BCUT2D eigenvalue weighted by Crippen LogP contribution is 2.16. The van der Waals surface area contributed by atoms with Crippen LogP contribution >= 0.6 is 11.6 Å². The fourth-order valence-electron chi connectivity index (χ4n) is 1.41. The van der Waals surface area contributed by atoms with Crippen LogP contribution in [0, 0.1) is 5.92 Å². The van der Waals surface area contributed by atoms with Gasteiger partial charge in [-0.15, -0.1) is 0 Å². The molecule has 15 heavy (non-hydrogen) atoms. The predicted molar refractivity (Wildman–Crippen MR) is 64.4 cm³/mol. The minimum atomic E-state index is 0.0979. The van der Waals surface area contributed by atoms with Crippen LogP contribution in [0.25, 0.3) is 0 Å². The second kappa shape index (κ2) is 5.99. The predicted octanol–water partition coefficient (Wildman–Crippen LogP) is 3.09. The van der Waals surface area contributed by atoms with Crippen molar-refractivity contribution in [3.8, 4) is 5.75 Å². The van der Waals surface area contributed by atoms with E-state index < -0.39 is 0 Å². The van der Waals surface area contributed by atoms with Crippen molar-refractivity contribution in [1.29, 1.82) is 0 Å². The summed E-state index contributed by atoms with van der Waals surface area (Å²) in [6.45, 7) is 4.87. The minimum absolute atomic E-state index is 0.0979. The van der Waals surface area contributed by atoms with Crippen molar-refractivity contribution in [3.05, 3.63) is 29.3 Å². The summed E-state index contributed by atoms with van der Waals surface area (Å²) in [5, 5.41) is 0.717. The molecule has 0 radical (unpaired) electrons. The van der Waals surface area contributed by atoms with Gasteiger partial charge in [-0.1, -0.05) is 25.4 Å². The zero-order valence-electron chi connectivity index (χ0n) is 9.24. The van der Waals surface area contributed by atoms with Gasteiger partial charge in [-0.25, -0.2) is 0 Å². The molecule has 1 aromatic rings. The molecule has 2 nitrogen and oxygen atoms in total. The molecule has 0 aromatic heterocycles. The van der Waals surface area contributed by atoms with Crippen LogP contribution in [0.3, 0.4) is 0 Å². The van der Waals surface area contributed by atoms with Crippen molar-refractivity contribution >= 4 is 11.6 Å². The van der Waals surface area contributed by atoms with E-state index in [-0.39, 0.29) is 6.04 Å². The van der Waals surface area contributed by atoms with Crippen LogP contribution < -0.4 is 10.5 Å². The lowest BCUT2D eigenvalue weighted by molar-refractivity contribution is 0.271. The van der Waals surface area contributed by atoms with Crippen molar-refractivity contribution < 1.29 is 4.74 Å². The average Bonchev–Trinajstić information content (AvgIpc) is 2.16. The fourth-order valence-corrected chi connectivity index (χ4v) is 1.53. The van der Waals surface area contributed by atoms with Crippen LogP contribution in [0.1, 0.15) is 20.3 Å². The lowest BCUT2D eigenvalue weighted by Gasteiger charge is -2.14. The molecule has 0 saturated heterocycles. The van der Waals surface area contributed by atoms with Crippen LogP contribution in [-0.4, -0.2) is 12.6 Å². The average molecular weight is 228 g/mol. The lowest BCUT2D eigenvalue weighted by Crippen LogP contribution is -2.29. The molecular formula is C12H18ClNO. The third-order valence-corrected chi connectivity index (χ3v) is 2.30. The van der Waals surface area contributed by atoms with Gasteiger partial charge in [-0.05, 0) is 36.6 Å². The largest absolute Gasteiger partial charge is 0.492 e. The molecule has 0 heterocycles. The summed E-state index contributed by atoms with van der Waals surface area (Å²) in [5.41, 5.74) is 5.90. The summed E-state index contributed by atoms with van der Waals surface area (Å²) in [5.74, 6) is 1.42. The molecule has 1 unspecified atom stereocenters. The zero-order chi connectivity index (χ0) is 11.3. The molecule has 1 rings (SSSR count). The summed E-state index contributed by atoms with van der Waals surface area (Å²) in [7, 11) is 0. The van der Waals surface area contributed by atoms with Gasteiger partial charge in [0.05, 0.1) is 0 Å². The summed E-state index contributed by atoms with van der Waals surface area (Å²) in [6.07, 6.45) is 0.980. The smallest absolute Gasteiger partial charge is 0.119 e. The van der Waals surface area contributed by atoms with E-state index in [1.807, 2.05) is 24.3 Å². The van der Waals surface area contributed by atoms with Crippen molar-refractivity contribution in [1.82, 2.24) is 0 Å². The Kier molecular flexibility index (Phi) is 4.92. The van der Waals surface area contributed by atoms with E-state index in [2.05, 4.69) is 13.8 Å². The van der Waals surface area contributed by atoms with Gasteiger partial charge in [-0.3, -0.25) is 0 Å². The molecule has 3 heteroatoms. The van der Waals surface area contributed by atoms with Crippen molar-refractivity contribution in [2.75, 3.05) is 6.61 Å². The molecule has 0 fully saturated rings. The molecule has 1 aromatic carbocycles. The summed E-state index contributed by atoms with van der Waals surface area (Å²) in [4.78, 5) is 0. The van der Waals surface area contributed by atoms with Crippen LogP contribution in [0.2, 0.25) is 5.02 Å².